The summed E-state index contributed by atoms with van der Waals surface area (Å²) < 4.78 is 6.01. The lowest BCUT2D eigenvalue weighted by molar-refractivity contribution is -0.890. The SMILES string of the molecule is C=CC(=O)OCC[N+](C)(C)CCCCCCCCCCCCCCCCCC. The van der Waals surface area contributed by atoms with E-state index in [9.17, 15) is 4.79 Å². The lowest BCUT2D eigenvalue weighted by Crippen LogP contribution is -2.43. The van der Waals surface area contributed by atoms with Gasteiger partial charge in [0, 0.05) is 6.08 Å². The predicted molar refractivity (Wildman–Crippen MR) is 123 cm³/mol. The Balaban J connectivity index is 3.28. The predicted octanol–water partition coefficient (Wildman–Crippen LogP) is 7.05. The quantitative estimate of drug-likeness (QED) is 0.0898. The molecule has 0 heterocycles. The molecule has 0 aromatic carbocycles. The molecule has 0 bridgehead atoms. The summed E-state index contributed by atoms with van der Waals surface area (Å²) in [4.78, 5) is 11.1. The maximum Gasteiger partial charge on any atom is 0.330 e. The number of likely N-dealkylation sites (N-methyl/N-ethyl adjacent to an activating group) is 1. The Hall–Kier alpha value is -0.830. The normalized spacial score (nSPS) is 11.5. The van der Waals surface area contributed by atoms with E-state index in [1.54, 1.807) is 0 Å². The Morgan fingerprint density at radius 1 is 0.714 bits per heavy atom. The molecule has 0 aliphatic carbocycles. The minimum Gasteiger partial charge on any atom is -0.457 e. The van der Waals surface area contributed by atoms with Crippen LogP contribution in [0.4, 0.5) is 0 Å². The number of esters is 1. The number of hydrogen-bond acceptors (Lipinski definition) is 2. The minimum absolute atomic E-state index is 0.317. The molecule has 0 aromatic rings. The van der Waals surface area contributed by atoms with Crippen LogP contribution in [0.1, 0.15) is 110 Å². The van der Waals surface area contributed by atoms with Crippen LogP contribution < -0.4 is 0 Å². The van der Waals surface area contributed by atoms with Gasteiger partial charge < -0.3 is 9.22 Å². The summed E-state index contributed by atoms with van der Waals surface area (Å²) in [6, 6.07) is 0. The molecule has 3 heteroatoms. The van der Waals surface area contributed by atoms with Crippen LogP contribution in [0.3, 0.4) is 0 Å². The molecule has 0 amide bonds. The first-order valence-corrected chi connectivity index (χ1v) is 12.1. The van der Waals surface area contributed by atoms with Crippen LogP contribution in [0, 0.1) is 0 Å². The van der Waals surface area contributed by atoms with Crippen LogP contribution in [0.2, 0.25) is 0 Å². The van der Waals surface area contributed by atoms with E-state index in [-0.39, 0.29) is 5.97 Å². The van der Waals surface area contributed by atoms with Crippen molar-refractivity contribution in [1.82, 2.24) is 0 Å². The lowest BCUT2D eigenvalue weighted by Gasteiger charge is -2.29. The zero-order valence-corrected chi connectivity index (χ0v) is 19.5. The zero-order chi connectivity index (χ0) is 20.9. The average Bonchev–Trinajstić information content (AvgIpc) is 2.67. The number of hydrogen-bond donors (Lipinski definition) is 0. The van der Waals surface area contributed by atoms with Gasteiger partial charge in [0.05, 0.1) is 20.6 Å². The number of carbonyl (C=O) groups excluding carboxylic acids is 1. The molecule has 0 aromatic heterocycles. The molecule has 0 fully saturated rings. The Kier molecular flexibility index (Phi) is 18.9. The third-order valence-corrected chi connectivity index (χ3v) is 5.72. The second-order valence-electron chi connectivity index (χ2n) is 9.06. The molecule has 28 heavy (non-hydrogen) atoms. The summed E-state index contributed by atoms with van der Waals surface area (Å²) >= 11 is 0. The Morgan fingerprint density at radius 2 is 1.11 bits per heavy atom. The molecule has 166 valence electrons. The third-order valence-electron chi connectivity index (χ3n) is 5.72. The van der Waals surface area contributed by atoms with Crippen LogP contribution in [0.5, 0.6) is 0 Å². The van der Waals surface area contributed by atoms with Crippen LogP contribution in [-0.2, 0) is 9.53 Å². The van der Waals surface area contributed by atoms with Gasteiger partial charge in [0.15, 0.2) is 0 Å². The van der Waals surface area contributed by atoms with Gasteiger partial charge in [-0.1, -0.05) is 103 Å². The van der Waals surface area contributed by atoms with E-state index >= 15 is 0 Å². The number of quaternary nitrogens is 1. The molecule has 0 saturated carbocycles. The van der Waals surface area contributed by atoms with Crippen LogP contribution >= 0.6 is 0 Å². The lowest BCUT2D eigenvalue weighted by atomic mass is 10.0. The number of unbranched alkanes of at least 4 members (excludes halogenated alkanes) is 15. The standard InChI is InChI=1S/C25H50NO2/c1-5-7-8-9-10-11-12-13-14-15-16-17-18-19-20-21-22-26(3,4)23-24-28-25(27)6-2/h6H,2,5,7-24H2,1,3-4H3/q+1. The number of nitrogens with zero attached hydrogens (tertiary/aromatic N) is 1. The minimum atomic E-state index is -0.317. The Morgan fingerprint density at radius 3 is 1.50 bits per heavy atom. The Labute approximate surface area is 176 Å². The van der Waals surface area contributed by atoms with Gasteiger partial charge in [0.2, 0.25) is 0 Å². The summed E-state index contributed by atoms with van der Waals surface area (Å²) in [7, 11) is 4.43. The van der Waals surface area contributed by atoms with Gasteiger partial charge in [-0.3, -0.25) is 0 Å². The molecule has 0 aliphatic rings. The van der Waals surface area contributed by atoms with Crippen LogP contribution in [-0.4, -0.2) is 44.2 Å². The molecule has 0 spiro atoms. The first kappa shape index (κ1) is 27.2. The van der Waals surface area contributed by atoms with Crippen molar-refractivity contribution in [3.63, 3.8) is 0 Å². The average molecular weight is 397 g/mol. The van der Waals surface area contributed by atoms with Gasteiger partial charge in [-0.25, -0.2) is 4.79 Å². The summed E-state index contributed by atoms with van der Waals surface area (Å²) in [6.45, 7) is 8.22. The monoisotopic (exact) mass is 396 g/mol. The van der Waals surface area contributed by atoms with Crippen LogP contribution in [0.25, 0.3) is 0 Å². The third kappa shape index (κ3) is 19.9. The first-order chi connectivity index (χ1) is 13.5. The fourth-order valence-electron chi connectivity index (χ4n) is 3.65. The van der Waals surface area contributed by atoms with Gasteiger partial charge in [-0.15, -0.1) is 0 Å². The number of ether oxygens (including phenoxy) is 1. The summed E-state index contributed by atoms with van der Waals surface area (Å²) in [5, 5.41) is 0. The van der Waals surface area contributed by atoms with Crippen molar-refractivity contribution in [2.75, 3.05) is 33.8 Å². The van der Waals surface area contributed by atoms with Crippen LogP contribution in [0.15, 0.2) is 12.7 Å². The highest BCUT2D eigenvalue weighted by atomic mass is 16.5. The molecular formula is C25H50NO2+. The highest BCUT2D eigenvalue weighted by Crippen LogP contribution is 2.14. The van der Waals surface area contributed by atoms with Crippen molar-refractivity contribution in [3.05, 3.63) is 12.7 Å². The second kappa shape index (κ2) is 19.5. The van der Waals surface area contributed by atoms with Gasteiger partial charge in [-0.2, -0.15) is 0 Å². The fraction of sp³-hybridized carbons (Fsp3) is 0.880. The van der Waals surface area contributed by atoms with Crippen molar-refractivity contribution < 1.29 is 14.0 Å². The molecule has 0 unspecified atom stereocenters. The fourth-order valence-corrected chi connectivity index (χ4v) is 3.65. The van der Waals surface area contributed by atoms with Gasteiger partial charge in [-0.05, 0) is 12.8 Å². The zero-order valence-electron chi connectivity index (χ0n) is 19.5. The molecule has 0 radical (unpaired) electrons. The summed E-state index contributed by atoms with van der Waals surface area (Å²) in [5.41, 5.74) is 0. The highest BCUT2D eigenvalue weighted by Gasteiger charge is 2.14. The second-order valence-corrected chi connectivity index (χ2v) is 9.06. The van der Waals surface area contributed by atoms with E-state index in [0.29, 0.717) is 6.61 Å². The molecule has 3 nitrogen and oxygen atoms in total. The molecule has 0 saturated heterocycles. The Bertz CT molecular complexity index is 366. The topological polar surface area (TPSA) is 26.3 Å². The molecule has 0 N–H and O–H groups in total. The van der Waals surface area contributed by atoms with E-state index in [0.717, 1.165) is 17.6 Å². The van der Waals surface area contributed by atoms with E-state index in [4.69, 9.17) is 4.74 Å². The van der Waals surface area contributed by atoms with E-state index in [1.807, 2.05) is 0 Å². The van der Waals surface area contributed by atoms with E-state index in [2.05, 4.69) is 27.6 Å². The molecular weight excluding hydrogens is 346 g/mol. The van der Waals surface area contributed by atoms with Crippen molar-refractivity contribution in [3.8, 4) is 0 Å². The smallest absolute Gasteiger partial charge is 0.330 e. The van der Waals surface area contributed by atoms with Crippen molar-refractivity contribution >= 4 is 5.97 Å². The van der Waals surface area contributed by atoms with Gasteiger partial charge in [0.1, 0.15) is 13.2 Å². The maximum atomic E-state index is 11.1. The van der Waals surface area contributed by atoms with Gasteiger partial charge in [0.25, 0.3) is 0 Å². The molecule has 0 rings (SSSR count). The summed E-state index contributed by atoms with van der Waals surface area (Å²) in [6.07, 6.45) is 23.8. The van der Waals surface area contributed by atoms with Crippen molar-refractivity contribution in [2.24, 2.45) is 0 Å². The molecule has 0 aliphatic heterocycles. The highest BCUT2D eigenvalue weighted by molar-refractivity contribution is 5.81. The van der Waals surface area contributed by atoms with E-state index in [1.165, 1.54) is 109 Å². The first-order valence-electron chi connectivity index (χ1n) is 12.1. The molecule has 0 atom stereocenters. The van der Waals surface area contributed by atoms with Gasteiger partial charge >= 0.3 is 5.97 Å². The van der Waals surface area contributed by atoms with E-state index < -0.39 is 0 Å². The maximum absolute atomic E-state index is 11.1. The largest absolute Gasteiger partial charge is 0.457 e. The van der Waals surface area contributed by atoms with Crippen molar-refractivity contribution in [1.29, 1.82) is 0 Å². The van der Waals surface area contributed by atoms with Crippen molar-refractivity contribution in [2.45, 2.75) is 110 Å². The number of rotatable bonds is 21. The summed E-state index contributed by atoms with van der Waals surface area (Å²) in [5.74, 6) is -0.317. The number of carbonyl (C=O) groups is 1.